The van der Waals surface area contributed by atoms with Gasteiger partial charge in [0, 0.05) is 6.54 Å². The van der Waals surface area contributed by atoms with Crippen molar-refractivity contribution in [3.05, 3.63) is 9.98 Å². The summed E-state index contributed by atoms with van der Waals surface area (Å²) in [6.07, 6.45) is 4.54. The van der Waals surface area contributed by atoms with Crippen LogP contribution in [0.25, 0.3) is 0 Å². The van der Waals surface area contributed by atoms with Crippen molar-refractivity contribution in [3.8, 4) is 0 Å². The van der Waals surface area contributed by atoms with Gasteiger partial charge in [-0.3, -0.25) is 0 Å². The average molecular weight is 247 g/mol. The highest BCUT2D eigenvalue weighted by atomic mass is 79.9. The molecule has 0 bridgehead atoms. The summed E-state index contributed by atoms with van der Waals surface area (Å²) in [5.41, 5.74) is 0.554. The molecule has 2 nitrogen and oxygen atoms in total. The minimum Gasteiger partial charge on any atom is -0.361 e. The monoisotopic (exact) mass is 246 g/mol. The second-order valence-electron chi connectivity index (χ2n) is 3.63. The standard InChI is InChI=1S/C8H11BrN2S/c1-8(2-3-8)5-11-7-10-4-6(9)12-7/h4H,2-3,5H2,1H3,(H,10,11). The molecule has 2 rings (SSSR count). The molecule has 1 aromatic heterocycles. The molecule has 1 heterocycles. The zero-order valence-electron chi connectivity index (χ0n) is 6.93. The van der Waals surface area contributed by atoms with Crippen molar-refractivity contribution in [2.45, 2.75) is 19.8 Å². The van der Waals surface area contributed by atoms with E-state index >= 15 is 0 Å². The van der Waals surface area contributed by atoms with E-state index in [1.165, 1.54) is 12.8 Å². The van der Waals surface area contributed by atoms with E-state index < -0.39 is 0 Å². The molecule has 0 unspecified atom stereocenters. The molecule has 1 fully saturated rings. The smallest absolute Gasteiger partial charge is 0.183 e. The summed E-state index contributed by atoms with van der Waals surface area (Å²) in [7, 11) is 0. The molecule has 0 saturated heterocycles. The molecule has 1 aliphatic rings. The first-order chi connectivity index (χ1) is 5.68. The van der Waals surface area contributed by atoms with E-state index in [4.69, 9.17) is 0 Å². The first-order valence-electron chi connectivity index (χ1n) is 4.03. The first-order valence-corrected chi connectivity index (χ1v) is 5.64. The molecule has 1 aliphatic carbocycles. The maximum absolute atomic E-state index is 4.21. The Balaban J connectivity index is 1.87. The number of hydrogen-bond donors (Lipinski definition) is 1. The third-order valence-corrected chi connectivity index (χ3v) is 3.68. The van der Waals surface area contributed by atoms with Crippen molar-refractivity contribution in [2.75, 3.05) is 11.9 Å². The number of aromatic nitrogens is 1. The number of nitrogens with one attached hydrogen (secondary N) is 1. The Labute approximate surface area is 84.5 Å². The summed E-state index contributed by atoms with van der Waals surface area (Å²) in [5.74, 6) is 0. The molecule has 0 atom stereocenters. The Hall–Kier alpha value is -0.0900. The van der Waals surface area contributed by atoms with E-state index in [2.05, 4.69) is 33.2 Å². The molecule has 1 aromatic rings. The van der Waals surface area contributed by atoms with Crippen molar-refractivity contribution in [3.63, 3.8) is 0 Å². The van der Waals surface area contributed by atoms with Gasteiger partial charge in [-0.25, -0.2) is 4.98 Å². The van der Waals surface area contributed by atoms with Gasteiger partial charge in [0.25, 0.3) is 0 Å². The Morgan fingerprint density at radius 2 is 2.50 bits per heavy atom. The predicted molar refractivity (Wildman–Crippen MR) is 55.6 cm³/mol. The lowest BCUT2D eigenvalue weighted by Crippen LogP contribution is -2.11. The molecule has 0 amide bonds. The summed E-state index contributed by atoms with van der Waals surface area (Å²) < 4.78 is 1.09. The third kappa shape index (κ3) is 1.98. The quantitative estimate of drug-likeness (QED) is 0.887. The maximum atomic E-state index is 4.21. The van der Waals surface area contributed by atoms with Gasteiger partial charge < -0.3 is 5.32 Å². The zero-order valence-corrected chi connectivity index (χ0v) is 9.33. The van der Waals surface area contributed by atoms with E-state index in [1.54, 1.807) is 11.3 Å². The van der Waals surface area contributed by atoms with Crippen LogP contribution in [0.3, 0.4) is 0 Å². The summed E-state index contributed by atoms with van der Waals surface area (Å²) in [4.78, 5) is 4.21. The van der Waals surface area contributed by atoms with Gasteiger partial charge in [-0.1, -0.05) is 18.3 Å². The van der Waals surface area contributed by atoms with Crippen molar-refractivity contribution >= 4 is 32.4 Å². The van der Waals surface area contributed by atoms with Crippen LogP contribution in [0.5, 0.6) is 0 Å². The van der Waals surface area contributed by atoms with E-state index in [1.807, 2.05) is 6.20 Å². The van der Waals surface area contributed by atoms with E-state index in [9.17, 15) is 0 Å². The topological polar surface area (TPSA) is 24.9 Å². The molecule has 0 aliphatic heterocycles. The molecule has 66 valence electrons. The van der Waals surface area contributed by atoms with Gasteiger partial charge in [-0.2, -0.15) is 0 Å². The first kappa shape index (κ1) is 8.51. The second-order valence-corrected chi connectivity index (χ2v) is 6.04. The number of nitrogens with zero attached hydrogens (tertiary/aromatic N) is 1. The minimum atomic E-state index is 0.554. The number of rotatable bonds is 3. The predicted octanol–water partition coefficient (Wildman–Crippen LogP) is 3.12. The van der Waals surface area contributed by atoms with Crippen molar-refractivity contribution in [1.29, 1.82) is 0 Å². The van der Waals surface area contributed by atoms with Crippen molar-refractivity contribution < 1.29 is 0 Å². The SMILES string of the molecule is CC1(CNc2ncc(Br)s2)CC1. The molecule has 4 heteroatoms. The van der Waals surface area contributed by atoms with Crippen LogP contribution < -0.4 is 5.32 Å². The fourth-order valence-electron chi connectivity index (χ4n) is 1.02. The van der Waals surface area contributed by atoms with Crippen LogP contribution in [0.4, 0.5) is 5.13 Å². The summed E-state index contributed by atoms with van der Waals surface area (Å²) in [5, 5.41) is 4.37. The van der Waals surface area contributed by atoms with Gasteiger partial charge in [0.05, 0.1) is 9.98 Å². The number of anilines is 1. The summed E-state index contributed by atoms with van der Waals surface area (Å²) in [6, 6.07) is 0. The lowest BCUT2D eigenvalue weighted by Gasteiger charge is -2.07. The third-order valence-electron chi connectivity index (χ3n) is 2.25. The molecule has 0 radical (unpaired) electrons. The molecular weight excluding hydrogens is 236 g/mol. The van der Waals surface area contributed by atoms with Crippen LogP contribution >= 0.6 is 27.3 Å². The van der Waals surface area contributed by atoms with Gasteiger partial charge in [0.1, 0.15) is 0 Å². The van der Waals surface area contributed by atoms with E-state index in [0.717, 1.165) is 15.5 Å². The number of hydrogen-bond acceptors (Lipinski definition) is 3. The van der Waals surface area contributed by atoms with Crippen molar-refractivity contribution in [1.82, 2.24) is 4.98 Å². The highest BCUT2D eigenvalue weighted by Crippen LogP contribution is 2.44. The van der Waals surface area contributed by atoms with Crippen LogP contribution in [0.1, 0.15) is 19.8 Å². The Bertz CT molecular complexity index is 280. The Kier molecular flexibility index (Phi) is 2.12. The van der Waals surface area contributed by atoms with Crippen LogP contribution in [0.15, 0.2) is 9.98 Å². The number of thiazole rings is 1. The highest BCUT2D eigenvalue weighted by molar-refractivity contribution is 9.11. The fraction of sp³-hybridized carbons (Fsp3) is 0.625. The maximum Gasteiger partial charge on any atom is 0.183 e. The van der Waals surface area contributed by atoms with Crippen LogP contribution in [-0.2, 0) is 0 Å². The largest absolute Gasteiger partial charge is 0.361 e. The molecular formula is C8H11BrN2S. The van der Waals surface area contributed by atoms with Gasteiger partial charge in [0.2, 0.25) is 0 Å². The van der Waals surface area contributed by atoms with Gasteiger partial charge in [0.15, 0.2) is 5.13 Å². The summed E-state index contributed by atoms with van der Waals surface area (Å²) >= 11 is 5.03. The zero-order chi connectivity index (χ0) is 8.60. The van der Waals surface area contributed by atoms with E-state index in [0.29, 0.717) is 5.41 Å². The highest BCUT2D eigenvalue weighted by Gasteiger charge is 2.36. The second kappa shape index (κ2) is 3.00. The average Bonchev–Trinajstić information content (AvgIpc) is 2.60. The fourth-order valence-corrected chi connectivity index (χ4v) is 2.12. The molecule has 0 aromatic carbocycles. The Morgan fingerprint density at radius 3 is 3.00 bits per heavy atom. The van der Waals surface area contributed by atoms with E-state index in [-0.39, 0.29) is 0 Å². The minimum absolute atomic E-state index is 0.554. The van der Waals surface area contributed by atoms with Crippen LogP contribution in [0, 0.1) is 5.41 Å². The summed E-state index contributed by atoms with van der Waals surface area (Å²) in [6.45, 7) is 3.37. The number of halogens is 1. The molecule has 0 spiro atoms. The molecule has 1 N–H and O–H groups in total. The lowest BCUT2D eigenvalue weighted by molar-refractivity contribution is 0.610. The molecule has 1 saturated carbocycles. The van der Waals surface area contributed by atoms with Gasteiger partial charge in [-0.15, -0.1) is 0 Å². The van der Waals surface area contributed by atoms with Gasteiger partial charge in [-0.05, 0) is 34.2 Å². The van der Waals surface area contributed by atoms with Gasteiger partial charge >= 0.3 is 0 Å². The Morgan fingerprint density at radius 1 is 1.75 bits per heavy atom. The van der Waals surface area contributed by atoms with Crippen LogP contribution in [-0.4, -0.2) is 11.5 Å². The molecule has 12 heavy (non-hydrogen) atoms. The van der Waals surface area contributed by atoms with Crippen molar-refractivity contribution in [2.24, 2.45) is 5.41 Å². The van der Waals surface area contributed by atoms with Crippen LogP contribution in [0.2, 0.25) is 0 Å². The normalized spacial score (nSPS) is 19.2. The lowest BCUT2D eigenvalue weighted by atomic mass is 10.1.